The fourth-order valence-electron chi connectivity index (χ4n) is 4.03. The number of rotatable bonds is 8. The van der Waals surface area contributed by atoms with Crippen LogP contribution in [0.2, 0.25) is 0 Å². The molecule has 1 aromatic heterocycles. The largest absolute Gasteiger partial charge is 0.368 e. The smallest absolute Gasteiger partial charge is 0.251 e. The van der Waals surface area contributed by atoms with Crippen LogP contribution < -0.4 is 10.2 Å². The number of benzene rings is 2. The Morgan fingerprint density at radius 1 is 0.971 bits per heavy atom. The molecule has 1 N–H and O–H groups in total. The highest BCUT2D eigenvalue weighted by molar-refractivity contribution is 7.99. The van der Waals surface area contributed by atoms with Crippen molar-refractivity contribution >= 4 is 29.3 Å². The van der Waals surface area contributed by atoms with Crippen molar-refractivity contribution < 1.29 is 9.59 Å². The molecule has 34 heavy (non-hydrogen) atoms. The van der Waals surface area contributed by atoms with Crippen LogP contribution in [0.15, 0.2) is 65.8 Å². The van der Waals surface area contributed by atoms with Gasteiger partial charge in [0.2, 0.25) is 5.91 Å². The van der Waals surface area contributed by atoms with Gasteiger partial charge in [-0.05, 0) is 38.1 Å². The van der Waals surface area contributed by atoms with E-state index in [9.17, 15) is 9.59 Å². The lowest BCUT2D eigenvalue weighted by atomic mass is 10.2. The summed E-state index contributed by atoms with van der Waals surface area (Å²) in [6, 6.07) is 19.1. The normalized spacial score (nSPS) is 14.6. The van der Waals surface area contributed by atoms with Gasteiger partial charge in [0.15, 0.2) is 11.0 Å². The summed E-state index contributed by atoms with van der Waals surface area (Å²) in [7, 11) is 0. The fourth-order valence-corrected chi connectivity index (χ4v) is 4.94. The number of nitrogens with zero attached hydrogens (tertiary/aromatic N) is 5. The number of amides is 2. The first-order valence-corrected chi connectivity index (χ1v) is 12.5. The lowest BCUT2D eigenvalue weighted by Crippen LogP contribution is -2.49. The SMILES string of the molecule is CCn1c(SCC(=O)N2CCN(c3ccccc3)CC2)nnc1C(C)NC(=O)c1ccccc1. The van der Waals surface area contributed by atoms with Crippen molar-refractivity contribution in [3.8, 4) is 0 Å². The van der Waals surface area contributed by atoms with Crippen molar-refractivity contribution in [1.82, 2.24) is 25.0 Å². The summed E-state index contributed by atoms with van der Waals surface area (Å²) in [4.78, 5) is 29.6. The topological polar surface area (TPSA) is 83.4 Å². The third kappa shape index (κ3) is 5.59. The molecule has 2 amide bonds. The minimum Gasteiger partial charge on any atom is -0.368 e. The third-order valence-electron chi connectivity index (χ3n) is 5.91. The van der Waals surface area contributed by atoms with E-state index in [4.69, 9.17) is 0 Å². The summed E-state index contributed by atoms with van der Waals surface area (Å²) >= 11 is 1.40. The van der Waals surface area contributed by atoms with Crippen molar-refractivity contribution in [3.63, 3.8) is 0 Å². The van der Waals surface area contributed by atoms with Gasteiger partial charge in [0, 0.05) is 44.0 Å². The summed E-state index contributed by atoms with van der Waals surface area (Å²) in [5.74, 6) is 0.945. The zero-order chi connectivity index (χ0) is 23.9. The van der Waals surface area contributed by atoms with Crippen LogP contribution in [0.4, 0.5) is 5.69 Å². The van der Waals surface area contributed by atoms with Gasteiger partial charge in [0.05, 0.1) is 11.8 Å². The molecule has 9 heteroatoms. The number of aromatic nitrogens is 3. The molecule has 2 aromatic carbocycles. The lowest BCUT2D eigenvalue weighted by Gasteiger charge is -2.36. The van der Waals surface area contributed by atoms with Gasteiger partial charge in [-0.2, -0.15) is 0 Å². The average molecular weight is 479 g/mol. The first-order valence-electron chi connectivity index (χ1n) is 11.6. The molecule has 1 aliphatic rings. The predicted octanol–water partition coefficient (Wildman–Crippen LogP) is 3.23. The van der Waals surface area contributed by atoms with Crippen LogP contribution in [-0.4, -0.2) is 63.4 Å². The van der Waals surface area contributed by atoms with E-state index >= 15 is 0 Å². The van der Waals surface area contributed by atoms with E-state index in [0.29, 0.717) is 41.9 Å². The van der Waals surface area contributed by atoms with Crippen LogP contribution in [-0.2, 0) is 11.3 Å². The second kappa shape index (κ2) is 11.2. The van der Waals surface area contributed by atoms with Crippen molar-refractivity contribution in [2.75, 3.05) is 36.8 Å². The number of hydrogen-bond donors (Lipinski definition) is 1. The van der Waals surface area contributed by atoms with Crippen molar-refractivity contribution in [3.05, 3.63) is 72.1 Å². The van der Waals surface area contributed by atoms with Crippen LogP contribution in [0.25, 0.3) is 0 Å². The molecule has 178 valence electrons. The van der Waals surface area contributed by atoms with Gasteiger partial charge < -0.3 is 19.7 Å². The number of anilines is 1. The van der Waals surface area contributed by atoms with Gasteiger partial charge >= 0.3 is 0 Å². The molecule has 1 aliphatic heterocycles. The number of carbonyl (C=O) groups is 2. The van der Waals surface area contributed by atoms with Crippen molar-refractivity contribution in [2.24, 2.45) is 0 Å². The second-order valence-corrected chi connectivity index (χ2v) is 9.08. The predicted molar refractivity (Wildman–Crippen MR) is 134 cm³/mol. The first-order chi connectivity index (χ1) is 16.6. The molecule has 1 fully saturated rings. The van der Waals surface area contributed by atoms with Crippen LogP contribution >= 0.6 is 11.8 Å². The van der Waals surface area contributed by atoms with E-state index in [0.717, 1.165) is 13.1 Å². The maximum atomic E-state index is 12.8. The molecular weight excluding hydrogens is 448 g/mol. The van der Waals surface area contributed by atoms with E-state index < -0.39 is 0 Å². The summed E-state index contributed by atoms with van der Waals surface area (Å²) < 4.78 is 1.96. The second-order valence-electron chi connectivity index (χ2n) is 8.14. The van der Waals surface area contributed by atoms with E-state index in [1.54, 1.807) is 12.1 Å². The summed E-state index contributed by atoms with van der Waals surface area (Å²) in [6.45, 7) is 7.63. The minimum atomic E-state index is -0.309. The van der Waals surface area contributed by atoms with Crippen molar-refractivity contribution in [2.45, 2.75) is 31.6 Å². The van der Waals surface area contributed by atoms with E-state index in [2.05, 4.69) is 32.5 Å². The summed E-state index contributed by atoms with van der Waals surface area (Å²) in [5, 5.41) is 12.3. The number of hydrogen-bond acceptors (Lipinski definition) is 6. The number of nitrogens with one attached hydrogen (secondary N) is 1. The van der Waals surface area contributed by atoms with Gasteiger partial charge in [-0.1, -0.05) is 48.2 Å². The Bertz CT molecular complexity index is 1100. The van der Waals surface area contributed by atoms with Crippen LogP contribution in [0, 0.1) is 0 Å². The van der Waals surface area contributed by atoms with E-state index in [-0.39, 0.29) is 17.9 Å². The highest BCUT2D eigenvalue weighted by Crippen LogP contribution is 2.22. The maximum Gasteiger partial charge on any atom is 0.251 e. The van der Waals surface area contributed by atoms with Gasteiger partial charge in [0.25, 0.3) is 5.91 Å². The Kier molecular flexibility index (Phi) is 7.84. The average Bonchev–Trinajstić information content (AvgIpc) is 3.31. The number of para-hydroxylation sites is 1. The number of piperazine rings is 1. The number of carbonyl (C=O) groups excluding carboxylic acids is 2. The summed E-state index contributed by atoms with van der Waals surface area (Å²) in [5.41, 5.74) is 1.80. The molecule has 2 heterocycles. The Morgan fingerprint density at radius 3 is 2.26 bits per heavy atom. The van der Waals surface area contributed by atoms with Gasteiger partial charge in [-0.25, -0.2) is 0 Å². The molecule has 0 aliphatic carbocycles. The Labute approximate surface area is 204 Å². The van der Waals surface area contributed by atoms with Crippen LogP contribution in [0.5, 0.6) is 0 Å². The van der Waals surface area contributed by atoms with Gasteiger partial charge in [-0.15, -0.1) is 10.2 Å². The molecule has 3 aromatic rings. The van der Waals surface area contributed by atoms with Crippen LogP contribution in [0.3, 0.4) is 0 Å². The van der Waals surface area contributed by atoms with Gasteiger partial charge in [-0.3, -0.25) is 9.59 Å². The van der Waals surface area contributed by atoms with Gasteiger partial charge in [0.1, 0.15) is 0 Å². The molecule has 0 radical (unpaired) electrons. The van der Waals surface area contributed by atoms with Crippen LogP contribution in [0.1, 0.15) is 36.1 Å². The van der Waals surface area contributed by atoms with E-state index in [1.165, 1.54) is 17.4 Å². The molecule has 1 atom stereocenters. The zero-order valence-electron chi connectivity index (χ0n) is 19.6. The number of thioether (sulfide) groups is 1. The maximum absolute atomic E-state index is 12.8. The zero-order valence-corrected chi connectivity index (χ0v) is 20.4. The molecule has 8 nitrogen and oxygen atoms in total. The molecular formula is C25H30N6O2S. The molecule has 0 bridgehead atoms. The molecule has 0 spiro atoms. The van der Waals surface area contributed by atoms with Crippen molar-refractivity contribution in [1.29, 1.82) is 0 Å². The Hall–Kier alpha value is -3.33. The molecule has 1 unspecified atom stereocenters. The summed E-state index contributed by atoms with van der Waals surface area (Å²) in [6.07, 6.45) is 0. The minimum absolute atomic E-state index is 0.107. The molecule has 4 rings (SSSR count). The standard InChI is InChI=1S/C25H30N6O2S/c1-3-31-23(19(2)26-24(33)20-10-6-4-7-11-20)27-28-25(31)34-18-22(32)30-16-14-29(15-17-30)21-12-8-5-9-13-21/h4-13,19H,3,14-18H2,1-2H3,(H,26,33). The first kappa shape index (κ1) is 23.8. The monoisotopic (exact) mass is 478 g/mol. The lowest BCUT2D eigenvalue weighted by molar-refractivity contribution is -0.128. The Morgan fingerprint density at radius 2 is 1.62 bits per heavy atom. The molecule has 1 saturated heterocycles. The van der Waals surface area contributed by atoms with E-state index in [1.807, 2.05) is 59.7 Å². The Balaban J connectivity index is 1.31. The molecule has 0 saturated carbocycles. The fraction of sp³-hybridized carbons (Fsp3) is 0.360. The third-order valence-corrected chi connectivity index (χ3v) is 6.86. The quantitative estimate of drug-likeness (QED) is 0.501. The highest BCUT2D eigenvalue weighted by Gasteiger charge is 2.23. The highest BCUT2D eigenvalue weighted by atomic mass is 32.2.